The summed E-state index contributed by atoms with van der Waals surface area (Å²) in [5.74, 6) is 0.746. The van der Waals surface area contributed by atoms with Crippen molar-refractivity contribution in [1.29, 1.82) is 0 Å². The Bertz CT molecular complexity index is 902. The Morgan fingerprint density at radius 2 is 1.69 bits per heavy atom. The van der Waals surface area contributed by atoms with Crippen LogP contribution in [-0.4, -0.2) is 68.0 Å². The number of rotatable bonds is 9. The van der Waals surface area contributed by atoms with Gasteiger partial charge in [-0.25, -0.2) is 0 Å². The van der Waals surface area contributed by atoms with Crippen molar-refractivity contribution in [2.75, 3.05) is 46.4 Å². The predicted octanol–water partition coefficient (Wildman–Crippen LogP) is 3.15. The molecule has 1 aliphatic rings. The molecule has 32 heavy (non-hydrogen) atoms. The zero-order chi connectivity index (χ0) is 22.8. The molecule has 2 amide bonds. The molecule has 0 radical (unpaired) electrons. The lowest BCUT2D eigenvalue weighted by atomic mass is 10.1. The smallest absolute Gasteiger partial charge is 0.251 e. The highest BCUT2D eigenvalue weighted by atomic mass is 16.5. The Morgan fingerprint density at radius 3 is 2.34 bits per heavy atom. The van der Waals surface area contributed by atoms with E-state index in [1.54, 1.807) is 37.5 Å². The summed E-state index contributed by atoms with van der Waals surface area (Å²) in [5, 5.41) is 2.96. The van der Waals surface area contributed by atoms with Gasteiger partial charge in [0, 0.05) is 50.9 Å². The predicted molar refractivity (Wildman–Crippen MR) is 127 cm³/mol. The largest absolute Gasteiger partial charge is 0.497 e. The van der Waals surface area contributed by atoms with Crippen LogP contribution in [0.1, 0.15) is 29.3 Å². The lowest BCUT2D eigenvalue weighted by Crippen LogP contribution is -2.50. The summed E-state index contributed by atoms with van der Waals surface area (Å²) >= 11 is 0. The van der Waals surface area contributed by atoms with Crippen molar-refractivity contribution in [1.82, 2.24) is 15.1 Å². The van der Waals surface area contributed by atoms with E-state index >= 15 is 0 Å². The van der Waals surface area contributed by atoms with Gasteiger partial charge < -0.3 is 15.0 Å². The van der Waals surface area contributed by atoms with Crippen LogP contribution < -0.4 is 10.1 Å². The normalized spacial score (nSPS) is 14.8. The van der Waals surface area contributed by atoms with Crippen LogP contribution in [0.4, 0.5) is 0 Å². The van der Waals surface area contributed by atoms with E-state index in [1.807, 2.05) is 30.0 Å². The molecule has 2 aromatic carbocycles. The van der Waals surface area contributed by atoms with Crippen LogP contribution in [0.2, 0.25) is 0 Å². The van der Waals surface area contributed by atoms with Gasteiger partial charge in [0.15, 0.2) is 0 Å². The molecule has 0 aromatic heterocycles. The number of aryl methyl sites for hydroxylation is 1. The molecule has 0 saturated carbocycles. The molecular weight excluding hydrogens is 402 g/mol. The van der Waals surface area contributed by atoms with Gasteiger partial charge in [-0.1, -0.05) is 35.9 Å². The molecular formula is C26H33N3O3. The quantitative estimate of drug-likeness (QED) is 0.615. The summed E-state index contributed by atoms with van der Waals surface area (Å²) in [6.07, 6.45) is 3.63. The minimum absolute atomic E-state index is 0.0856. The molecule has 170 valence electrons. The summed E-state index contributed by atoms with van der Waals surface area (Å²) in [4.78, 5) is 29.0. The third kappa shape index (κ3) is 7.24. The van der Waals surface area contributed by atoms with Crippen LogP contribution in [0.3, 0.4) is 0 Å². The van der Waals surface area contributed by atoms with E-state index in [4.69, 9.17) is 4.74 Å². The number of benzene rings is 2. The highest BCUT2D eigenvalue weighted by Crippen LogP contribution is 2.12. The van der Waals surface area contributed by atoms with E-state index < -0.39 is 0 Å². The van der Waals surface area contributed by atoms with Gasteiger partial charge in [0.1, 0.15) is 5.75 Å². The second-order valence-corrected chi connectivity index (χ2v) is 8.13. The highest BCUT2D eigenvalue weighted by Gasteiger charge is 2.19. The highest BCUT2D eigenvalue weighted by molar-refractivity contribution is 5.94. The molecule has 6 heteroatoms. The summed E-state index contributed by atoms with van der Waals surface area (Å²) in [6.45, 7) is 6.46. The molecule has 0 spiro atoms. The average molecular weight is 436 g/mol. The Hall–Kier alpha value is -3.12. The Labute approximate surface area is 190 Å². The topological polar surface area (TPSA) is 61.9 Å². The van der Waals surface area contributed by atoms with E-state index in [9.17, 15) is 9.59 Å². The third-order valence-electron chi connectivity index (χ3n) is 5.77. The van der Waals surface area contributed by atoms with Gasteiger partial charge in [-0.2, -0.15) is 0 Å². The van der Waals surface area contributed by atoms with Crippen molar-refractivity contribution in [3.63, 3.8) is 0 Å². The van der Waals surface area contributed by atoms with Gasteiger partial charge in [-0.05, 0) is 49.6 Å². The first kappa shape index (κ1) is 23.5. The maximum Gasteiger partial charge on any atom is 0.251 e. The van der Waals surface area contributed by atoms with Crippen molar-refractivity contribution >= 4 is 11.8 Å². The molecule has 2 aromatic rings. The third-order valence-corrected chi connectivity index (χ3v) is 5.77. The minimum atomic E-state index is -0.0856. The number of nitrogens with one attached hydrogen (secondary N) is 1. The molecule has 1 aliphatic heterocycles. The van der Waals surface area contributed by atoms with Crippen LogP contribution in [-0.2, 0) is 11.2 Å². The zero-order valence-corrected chi connectivity index (χ0v) is 19.0. The number of methoxy groups -OCH3 is 1. The van der Waals surface area contributed by atoms with Crippen LogP contribution in [0.25, 0.3) is 0 Å². The molecule has 6 nitrogen and oxygen atoms in total. The Kier molecular flexibility index (Phi) is 8.87. The van der Waals surface area contributed by atoms with E-state index in [0.29, 0.717) is 25.2 Å². The summed E-state index contributed by atoms with van der Waals surface area (Å²) < 4.78 is 5.12. The maximum atomic E-state index is 12.6. The fraction of sp³-hybridized carbons (Fsp3) is 0.385. The van der Waals surface area contributed by atoms with Crippen molar-refractivity contribution < 1.29 is 14.3 Å². The van der Waals surface area contributed by atoms with Crippen LogP contribution in [0.15, 0.2) is 66.2 Å². The van der Waals surface area contributed by atoms with Crippen molar-refractivity contribution in [3.05, 3.63) is 77.4 Å². The summed E-state index contributed by atoms with van der Waals surface area (Å²) in [5.41, 5.74) is 3.03. The van der Waals surface area contributed by atoms with Gasteiger partial charge in [-0.3, -0.25) is 14.5 Å². The minimum Gasteiger partial charge on any atom is -0.497 e. The van der Waals surface area contributed by atoms with Crippen LogP contribution >= 0.6 is 0 Å². The van der Waals surface area contributed by atoms with Crippen molar-refractivity contribution in [2.45, 2.75) is 19.8 Å². The van der Waals surface area contributed by atoms with Gasteiger partial charge >= 0.3 is 0 Å². The van der Waals surface area contributed by atoms with E-state index in [1.165, 1.54) is 5.56 Å². The molecule has 0 unspecified atom stereocenters. The van der Waals surface area contributed by atoms with Gasteiger partial charge in [-0.15, -0.1) is 0 Å². The summed E-state index contributed by atoms with van der Waals surface area (Å²) in [7, 11) is 1.60. The zero-order valence-electron chi connectivity index (χ0n) is 19.0. The van der Waals surface area contributed by atoms with Gasteiger partial charge in [0.25, 0.3) is 5.91 Å². The first-order chi connectivity index (χ1) is 15.5. The number of piperazine rings is 1. The molecule has 3 rings (SSSR count). The number of hydrogen-bond donors (Lipinski definition) is 1. The summed E-state index contributed by atoms with van der Waals surface area (Å²) in [6, 6.07) is 17.4. The average Bonchev–Trinajstić information content (AvgIpc) is 2.83. The Morgan fingerprint density at radius 1 is 1.00 bits per heavy atom. The lowest BCUT2D eigenvalue weighted by Gasteiger charge is -2.34. The fourth-order valence-electron chi connectivity index (χ4n) is 3.72. The van der Waals surface area contributed by atoms with E-state index in [-0.39, 0.29) is 11.8 Å². The van der Waals surface area contributed by atoms with Gasteiger partial charge in [0.2, 0.25) is 5.91 Å². The number of carbonyl (C=O) groups excluding carboxylic acids is 2. The van der Waals surface area contributed by atoms with Gasteiger partial charge in [0.05, 0.1) is 7.11 Å². The molecule has 0 atom stereocenters. The van der Waals surface area contributed by atoms with E-state index in [2.05, 4.69) is 22.3 Å². The molecule has 1 heterocycles. The van der Waals surface area contributed by atoms with Crippen molar-refractivity contribution in [2.24, 2.45) is 0 Å². The van der Waals surface area contributed by atoms with E-state index in [0.717, 1.165) is 43.8 Å². The maximum absolute atomic E-state index is 12.6. The SMILES string of the molecule is COc1ccc(C(=O)NCCN2CCN(C(=O)C=C(C)CCc3ccccc3)CC2)cc1. The second-order valence-electron chi connectivity index (χ2n) is 8.13. The second kappa shape index (κ2) is 12.1. The number of nitrogens with zero attached hydrogens (tertiary/aromatic N) is 2. The molecule has 1 saturated heterocycles. The van der Waals surface area contributed by atoms with Crippen LogP contribution in [0.5, 0.6) is 5.75 Å². The Balaban J connectivity index is 1.35. The standard InChI is InChI=1S/C26H33N3O3/c1-21(8-9-22-6-4-3-5-7-22)20-25(30)29-18-16-28(17-19-29)15-14-27-26(31)23-10-12-24(32-2)13-11-23/h3-7,10-13,20H,8-9,14-19H2,1-2H3,(H,27,31). The first-order valence-electron chi connectivity index (χ1n) is 11.2. The van der Waals surface area contributed by atoms with Crippen LogP contribution in [0, 0.1) is 0 Å². The first-order valence-corrected chi connectivity index (χ1v) is 11.2. The number of allylic oxidation sites excluding steroid dienone is 1. The molecule has 1 N–H and O–H groups in total. The number of hydrogen-bond acceptors (Lipinski definition) is 4. The molecule has 0 bridgehead atoms. The number of amides is 2. The molecule has 0 aliphatic carbocycles. The number of ether oxygens (including phenoxy) is 1. The fourth-order valence-corrected chi connectivity index (χ4v) is 3.72. The number of carbonyl (C=O) groups is 2. The monoisotopic (exact) mass is 435 g/mol. The molecule has 1 fully saturated rings. The van der Waals surface area contributed by atoms with Crippen molar-refractivity contribution in [3.8, 4) is 5.75 Å². The lowest BCUT2D eigenvalue weighted by molar-refractivity contribution is -0.127.